The lowest BCUT2D eigenvalue weighted by molar-refractivity contribution is -0.113. The molecule has 0 bridgehead atoms. The zero-order chi connectivity index (χ0) is 20.1. The molecule has 0 unspecified atom stereocenters. The fourth-order valence-corrected chi connectivity index (χ4v) is 4.28. The van der Waals surface area contributed by atoms with Crippen LogP contribution in [0.1, 0.15) is 11.1 Å². The van der Waals surface area contributed by atoms with E-state index in [0.29, 0.717) is 41.2 Å². The van der Waals surface area contributed by atoms with E-state index in [1.807, 2.05) is 35.7 Å². The smallest absolute Gasteiger partial charge is 0.236 e. The zero-order valence-electron chi connectivity index (χ0n) is 15.4. The van der Waals surface area contributed by atoms with Crippen molar-refractivity contribution in [2.75, 3.05) is 24.3 Å². The van der Waals surface area contributed by atoms with E-state index in [-0.39, 0.29) is 5.91 Å². The van der Waals surface area contributed by atoms with E-state index < -0.39 is 0 Å². The number of hydrogen-bond acceptors (Lipinski definition) is 7. The van der Waals surface area contributed by atoms with Crippen LogP contribution in [-0.2, 0) is 10.5 Å². The normalized spacial score (nSPS) is 12.2. The van der Waals surface area contributed by atoms with Gasteiger partial charge in [-0.1, -0.05) is 12.1 Å². The first-order valence-electron chi connectivity index (χ1n) is 8.93. The highest BCUT2D eigenvalue weighted by atomic mass is 32.2. The number of aromatic nitrogens is 1. The van der Waals surface area contributed by atoms with Gasteiger partial charge in [0, 0.05) is 16.7 Å². The number of ether oxygens (including phenoxy) is 2. The number of amides is 1. The number of rotatable bonds is 6. The molecule has 29 heavy (non-hydrogen) atoms. The van der Waals surface area contributed by atoms with Crippen LogP contribution in [0, 0.1) is 11.3 Å². The second kappa shape index (κ2) is 8.99. The molecule has 1 aromatic heterocycles. The third-order valence-corrected chi connectivity index (χ3v) is 5.93. The lowest BCUT2D eigenvalue weighted by Crippen LogP contribution is -2.15. The molecule has 0 atom stereocenters. The van der Waals surface area contributed by atoms with Gasteiger partial charge in [0.1, 0.15) is 13.2 Å². The van der Waals surface area contributed by atoms with Gasteiger partial charge in [-0.05, 0) is 35.9 Å². The molecule has 0 saturated carbocycles. The maximum Gasteiger partial charge on any atom is 0.236 e. The van der Waals surface area contributed by atoms with Crippen LogP contribution < -0.4 is 14.8 Å². The van der Waals surface area contributed by atoms with Crippen LogP contribution in [0.5, 0.6) is 11.5 Å². The number of carbonyl (C=O) groups excluding carboxylic acids is 1. The molecule has 0 spiro atoms. The van der Waals surface area contributed by atoms with Crippen LogP contribution >= 0.6 is 23.1 Å². The van der Waals surface area contributed by atoms with Crippen molar-refractivity contribution in [1.82, 2.24) is 4.98 Å². The Hall–Kier alpha value is -3.02. The molecule has 1 N–H and O–H groups in total. The maximum atomic E-state index is 12.2. The average molecular weight is 424 g/mol. The van der Waals surface area contributed by atoms with Crippen molar-refractivity contribution in [2.45, 2.75) is 5.75 Å². The minimum atomic E-state index is -0.0910. The SMILES string of the molecule is N#Cc1ccc(CSCC(=O)Nc2nc(-c3ccc4c(c3)OCCO4)cs2)cc1. The van der Waals surface area contributed by atoms with Crippen LogP contribution in [0.25, 0.3) is 11.3 Å². The Labute approximate surface area is 176 Å². The molecule has 0 aliphatic carbocycles. The van der Waals surface area contributed by atoms with E-state index in [0.717, 1.165) is 22.6 Å². The number of carbonyl (C=O) groups is 1. The summed E-state index contributed by atoms with van der Waals surface area (Å²) in [5.74, 6) is 2.40. The molecular formula is C21H17N3O3S2. The number of hydrogen-bond donors (Lipinski definition) is 1. The minimum absolute atomic E-state index is 0.0910. The van der Waals surface area contributed by atoms with E-state index in [2.05, 4.69) is 16.4 Å². The van der Waals surface area contributed by atoms with Crippen LogP contribution in [0.2, 0.25) is 0 Å². The Bertz CT molecular complexity index is 1060. The molecule has 3 aromatic rings. The van der Waals surface area contributed by atoms with Gasteiger partial charge in [0.25, 0.3) is 0 Å². The van der Waals surface area contributed by atoms with Gasteiger partial charge in [-0.2, -0.15) is 5.26 Å². The van der Waals surface area contributed by atoms with Gasteiger partial charge in [-0.25, -0.2) is 4.98 Å². The molecule has 1 aliphatic rings. The number of nitriles is 1. The molecule has 2 aromatic carbocycles. The molecule has 0 fully saturated rings. The number of benzene rings is 2. The Balaban J connectivity index is 1.30. The highest BCUT2D eigenvalue weighted by molar-refractivity contribution is 7.99. The third kappa shape index (κ3) is 4.88. The van der Waals surface area contributed by atoms with Gasteiger partial charge < -0.3 is 14.8 Å². The first-order chi connectivity index (χ1) is 14.2. The Morgan fingerprint density at radius 2 is 1.97 bits per heavy atom. The fraction of sp³-hybridized carbons (Fsp3) is 0.190. The first-order valence-corrected chi connectivity index (χ1v) is 11.0. The summed E-state index contributed by atoms with van der Waals surface area (Å²) in [6.07, 6.45) is 0. The Kier molecular flexibility index (Phi) is 5.98. The monoisotopic (exact) mass is 423 g/mol. The molecule has 6 nitrogen and oxygen atoms in total. The molecule has 8 heteroatoms. The number of anilines is 1. The molecule has 1 aliphatic heterocycles. The predicted octanol–water partition coefficient (Wildman–Crippen LogP) is 4.32. The summed E-state index contributed by atoms with van der Waals surface area (Å²) in [5.41, 5.74) is 3.42. The van der Waals surface area contributed by atoms with Crippen molar-refractivity contribution >= 4 is 34.1 Å². The van der Waals surface area contributed by atoms with Crippen molar-refractivity contribution in [3.63, 3.8) is 0 Å². The van der Waals surface area contributed by atoms with Crippen molar-refractivity contribution in [1.29, 1.82) is 5.26 Å². The number of fused-ring (bicyclic) bond motifs is 1. The van der Waals surface area contributed by atoms with Crippen LogP contribution in [-0.4, -0.2) is 29.9 Å². The predicted molar refractivity (Wildman–Crippen MR) is 114 cm³/mol. The first kappa shape index (κ1) is 19.3. The minimum Gasteiger partial charge on any atom is -0.486 e. The number of nitrogens with one attached hydrogen (secondary N) is 1. The topological polar surface area (TPSA) is 84.2 Å². The van der Waals surface area contributed by atoms with Crippen LogP contribution in [0.15, 0.2) is 47.8 Å². The molecule has 2 heterocycles. The number of nitrogens with zero attached hydrogens (tertiary/aromatic N) is 2. The maximum absolute atomic E-state index is 12.2. The van der Waals surface area contributed by atoms with E-state index in [4.69, 9.17) is 14.7 Å². The lowest BCUT2D eigenvalue weighted by atomic mass is 10.1. The van der Waals surface area contributed by atoms with Crippen LogP contribution in [0.4, 0.5) is 5.13 Å². The second-order valence-electron chi connectivity index (χ2n) is 6.25. The molecule has 1 amide bonds. The fourth-order valence-electron chi connectivity index (χ4n) is 2.76. The summed E-state index contributed by atoms with van der Waals surface area (Å²) in [4.78, 5) is 16.7. The van der Waals surface area contributed by atoms with E-state index in [9.17, 15) is 4.79 Å². The summed E-state index contributed by atoms with van der Waals surface area (Å²) in [6.45, 7) is 1.09. The van der Waals surface area contributed by atoms with Gasteiger partial charge in [-0.15, -0.1) is 23.1 Å². The highest BCUT2D eigenvalue weighted by Gasteiger charge is 2.14. The molecule has 0 saturated heterocycles. The van der Waals surface area contributed by atoms with Gasteiger partial charge in [0.05, 0.1) is 23.1 Å². The summed E-state index contributed by atoms with van der Waals surface area (Å²) in [6, 6.07) is 15.2. The lowest BCUT2D eigenvalue weighted by Gasteiger charge is -2.18. The Morgan fingerprint density at radius 1 is 1.17 bits per heavy atom. The quantitative estimate of drug-likeness (QED) is 0.635. The molecule has 0 radical (unpaired) electrons. The highest BCUT2D eigenvalue weighted by Crippen LogP contribution is 2.35. The summed E-state index contributed by atoms with van der Waals surface area (Å²) < 4.78 is 11.1. The summed E-state index contributed by atoms with van der Waals surface area (Å²) in [5, 5.41) is 14.1. The van der Waals surface area contributed by atoms with Crippen molar-refractivity contribution < 1.29 is 14.3 Å². The van der Waals surface area contributed by atoms with E-state index >= 15 is 0 Å². The average Bonchev–Trinajstić information content (AvgIpc) is 3.22. The standard InChI is InChI=1S/C21H17N3O3S2/c22-10-14-1-3-15(4-2-14)11-28-13-20(25)24-21-23-17(12-29-21)16-5-6-18-19(9-16)27-8-7-26-18/h1-6,9,12H,7-8,11,13H2,(H,23,24,25). The molecule has 4 rings (SSSR count). The van der Waals surface area contributed by atoms with E-state index in [1.165, 1.54) is 23.1 Å². The number of thiazole rings is 1. The van der Waals surface area contributed by atoms with Crippen molar-refractivity contribution in [2.24, 2.45) is 0 Å². The summed E-state index contributed by atoms with van der Waals surface area (Å²) >= 11 is 2.91. The van der Waals surface area contributed by atoms with Crippen LogP contribution in [0.3, 0.4) is 0 Å². The van der Waals surface area contributed by atoms with Gasteiger partial charge in [0.15, 0.2) is 16.6 Å². The van der Waals surface area contributed by atoms with Gasteiger partial charge >= 0.3 is 0 Å². The largest absolute Gasteiger partial charge is 0.486 e. The zero-order valence-corrected chi connectivity index (χ0v) is 17.0. The molecule has 146 valence electrons. The van der Waals surface area contributed by atoms with Crippen molar-refractivity contribution in [3.05, 3.63) is 59.0 Å². The number of thioether (sulfide) groups is 1. The second-order valence-corrected chi connectivity index (χ2v) is 8.09. The van der Waals surface area contributed by atoms with Gasteiger partial charge in [0.2, 0.25) is 5.91 Å². The third-order valence-electron chi connectivity index (χ3n) is 4.17. The van der Waals surface area contributed by atoms with Crippen molar-refractivity contribution in [3.8, 4) is 28.8 Å². The van der Waals surface area contributed by atoms with E-state index in [1.54, 1.807) is 12.1 Å². The Morgan fingerprint density at radius 3 is 2.76 bits per heavy atom. The summed E-state index contributed by atoms with van der Waals surface area (Å²) in [7, 11) is 0. The van der Waals surface area contributed by atoms with Gasteiger partial charge in [-0.3, -0.25) is 4.79 Å². The molecular weight excluding hydrogens is 406 g/mol.